The first-order valence-corrected chi connectivity index (χ1v) is 5.55. The van der Waals surface area contributed by atoms with Crippen molar-refractivity contribution in [1.29, 1.82) is 0 Å². The third kappa shape index (κ3) is 2.30. The Hall–Kier alpha value is -1.06. The third-order valence-corrected chi connectivity index (χ3v) is 3.34. The molecule has 2 unspecified atom stereocenters. The molecule has 1 saturated carbocycles. The maximum Gasteiger partial charge on any atom is 0.329 e. The predicted molar refractivity (Wildman–Crippen MR) is 56.4 cm³/mol. The highest BCUT2D eigenvalue weighted by molar-refractivity contribution is 5.86. The smallest absolute Gasteiger partial charge is 0.329 e. The molecule has 15 heavy (non-hydrogen) atoms. The van der Waals surface area contributed by atoms with Crippen LogP contribution in [-0.2, 0) is 9.59 Å². The quantitative estimate of drug-likeness (QED) is 0.747. The average Bonchev–Trinajstić information content (AvgIpc) is 2.17. The molecule has 4 nitrogen and oxygen atoms in total. The summed E-state index contributed by atoms with van der Waals surface area (Å²) in [5.74, 6) is -1.07. The van der Waals surface area contributed by atoms with Gasteiger partial charge in [-0.25, -0.2) is 4.79 Å². The van der Waals surface area contributed by atoms with Gasteiger partial charge in [0.15, 0.2) is 0 Å². The summed E-state index contributed by atoms with van der Waals surface area (Å²) < 4.78 is 0. The molecule has 0 aromatic heterocycles. The number of amides is 1. The van der Waals surface area contributed by atoms with Crippen LogP contribution in [0.1, 0.15) is 46.0 Å². The molecular weight excluding hydrogens is 194 g/mol. The number of hydrogen-bond acceptors (Lipinski definition) is 2. The highest BCUT2D eigenvalue weighted by atomic mass is 16.4. The van der Waals surface area contributed by atoms with Gasteiger partial charge in [-0.3, -0.25) is 4.79 Å². The molecule has 1 amide bonds. The lowest BCUT2D eigenvalue weighted by atomic mass is 9.71. The number of aliphatic carboxylic acids is 1. The van der Waals surface area contributed by atoms with Gasteiger partial charge in [0.25, 0.3) is 0 Å². The first-order valence-electron chi connectivity index (χ1n) is 5.55. The van der Waals surface area contributed by atoms with Crippen LogP contribution in [0, 0.1) is 5.92 Å². The van der Waals surface area contributed by atoms with Crippen LogP contribution < -0.4 is 5.32 Å². The lowest BCUT2D eigenvalue weighted by molar-refractivity contribution is -0.152. The molecule has 0 aromatic rings. The third-order valence-electron chi connectivity index (χ3n) is 3.34. The average molecular weight is 213 g/mol. The van der Waals surface area contributed by atoms with Gasteiger partial charge in [-0.2, -0.15) is 0 Å². The van der Waals surface area contributed by atoms with Crippen molar-refractivity contribution in [1.82, 2.24) is 5.32 Å². The highest BCUT2D eigenvalue weighted by Crippen LogP contribution is 2.36. The van der Waals surface area contributed by atoms with Crippen LogP contribution in [0.4, 0.5) is 0 Å². The largest absolute Gasteiger partial charge is 0.479 e. The summed E-state index contributed by atoms with van der Waals surface area (Å²) in [5, 5.41) is 12.0. The fraction of sp³-hybridized carbons (Fsp3) is 0.818. The molecule has 1 aliphatic rings. The van der Waals surface area contributed by atoms with Crippen LogP contribution in [0.3, 0.4) is 0 Å². The second-order valence-electron chi connectivity index (χ2n) is 4.31. The topological polar surface area (TPSA) is 66.4 Å². The van der Waals surface area contributed by atoms with Crippen molar-refractivity contribution in [3.63, 3.8) is 0 Å². The van der Waals surface area contributed by atoms with Crippen LogP contribution in [0.5, 0.6) is 0 Å². The Balaban J connectivity index is 2.94. The van der Waals surface area contributed by atoms with Crippen LogP contribution >= 0.6 is 0 Å². The summed E-state index contributed by atoms with van der Waals surface area (Å²) in [6, 6.07) is 0. The van der Waals surface area contributed by atoms with E-state index in [0.29, 0.717) is 6.42 Å². The Morgan fingerprint density at radius 3 is 2.60 bits per heavy atom. The van der Waals surface area contributed by atoms with Gasteiger partial charge in [-0.1, -0.05) is 26.2 Å². The Kier molecular flexibility index (Phi) is 3.72. The summed E-state index contributed by atoms with van der Waals surface area (Å²) in [6.45, 7) is 3.36. The molecule has 0 aliphatic heterocycles. The molecule has 86 valence electrons. The van der Waals surface area contributed by atoms with Gasteiger partial charge in [0.1, 0.15) is 5.54 Å². The molecule has 0 saturated heterocycles. The van der Waals surface area contributed by atoms with Crippen molar-refractivity contribution in [2.24, 2.45) is 5.92 Å². The van der Waals surface area contributed by atoms with Crippen molar-refractivity contribution in [2.45, 2.75) is 51.5 Å². The SMILES string of the molecule is CCC1CCCCC1(NC(C)=O)C(=O)O. The van der Waals surface area contributed by atoms with E-state index >= 15 is 0 Å². The molecule has 1 rings (SSSR count). The molecule has 2 N–H and O–H groups in total. The summed E-state index contributed by atoms with van der Waals surface area (Å²) in [4.78, 5) is 22.5. The van der Waals surface area contributed by atoms with Gasteiger partial charge < -0.3 is 10.4 Å². The number of carbonyl (C=O) groups excluding carboxylic acids is 1. The highest BCUT2D eigenvalue weighted by Gasteiger charge is 2.46. The van der Waals surface area contributed by atoms with E-state index in [9.17, 15) is 14.7 Å². The van der Waals surface area contributed by atoms with E-state index in [0.717, 1.165) is 25.7 Å². The van der Waals surface area contributed by atoms with Crippen molar-refractivity contribution in [3.8, 4) is 0 Å². The first-order chi connectivity index (χ1) is 7.03. The lowest BCUT2D eigenvalue weighted by Gasteiger charge is -2.40. The molecular formula is C11H19NO3. The summed E-state index contributed by atoms with van der Waals surface area (Å²) >= 11 is 0. The maximum atomic E-state index is 11.4. The molecule has 0 spiro atoms. The van der Waals surface area contributed by atoms with E-state index < -0.39 is 11.5 Å². The molecule has 0 bridgehead atoms. The zero-order valence-corrected chi connectivity index (χ0v) is 9.38. The van der Waals surface area contributed by atoms with Crippen LogP contribution in [-0.4, -0.2) is 22.5 Å². The Bertz CT molecular complexity index is 265. The Labute approximate surface area is 90.0 Å². The van der Waals surface area contributed by atoms with Gasteiger partial charge in [0.05, 0.1) is 0 Å². The van der Waals surface area contributed by atoms with Gasteiger partial charge in [0, 0.05) is 6.92 Å². The van der Waals surface area contributed by atoms with Crippen molar-refractivity contribution < 1.29 is 14.7 Å². The summed E-state index contributed by atoms with van der Waals surface area (Å²) in [5.41, 5.74) is -1.02. The fourth-order valence-electron chi connectivity index (χ4n) is 2.61. The molecule has 1 aliphatic carbocycles. The van der Waals surface area contributed by atoms with Gasteiger partial charge in [0.2, 0.25) is 5.91 Å². The van der Waals surface area contributed by atoms with E-state index in [1.165, 1.54) is 6.92 Å². The van der Waals surface area contributed by atoms with Gasteiger partial charge in [-0.05, 0) is 18.8 Å². The van der Waals surface area contributed by atoms with Crippen LogP contribution in [0.15, 0.2) is 0 Å². The van der Waals surface area contributed by atoms with Crippen molar-refractivity contribution in [2.75, 3.05) is 0 Å². The van der Waals surface area contributed by atoms with E-state index in [2.05, 4.69) is 5.32 Å². The second kappa shape index (κ2) is 4.64. The van der Waals surface area contributed by atoms with Gasteiger partial charge in [-0.15, -0.1) is 0 Å². The molecule has 4 heteroatoms. The lowest BCUT2D eigenvalue weighted by Crippen LogP contribution is -2.60. The zero-order chi connectivity index (χ0) is 11.5. The minimum absolute atomic E-state index is 0.0626. The molecule has 0 heterocycles. The molecule has 0 aromatic carbocycles. The van der Waals surface area contributed by atoms with E-state index in [1.807, 2.05) is 6.92 Å². The number of carboxylic acids is 1. The second-order valence-corrected chi connectivity index (χ2v) is 4.31. The molecule has 1 fully saturated rings. The number of nitrogens with one attached hydrogen (secondary N) is 1. The summed E-state index contributed by atoms with van der Waals surface area (Å²) in [6.07, 6.45) is 4.19. The fourth-order valence-corrected chi connectivity index (χ4v) is 2.61. The zero-order valence-electron chi connectivity index (χ0n) is 9.38. The number of carboxylic acid groups (broad SMARTS) is 1. The standard InChI is InChI=1S/C11H19NO3/c1-3-9-6-4-5-7-11(9,10(14)15)12-8(2)13/h9H,3-7H2,1-2H3,(H,12,13)(H,14,15). The minimum Gasteiger partial charge on any atom is -0.479 e. The number of carbonyl (C=O) groups is 2. The monoisotopic (exact) mass is 213 g/mol. The van der Waals surface area contributed by atoms with Crippen LogP contribution in [0.25, 0.3) is 0 Å². The predicted octanol–water partition coefficient (Wildman–Crippen LogP) is 1.55. The van der Waals surface area contributed by atoms with Crippen molar-refractivity contribution in [3.05, 3.63) is 0 Å². The summed E-state index contributed by atoms with van der Waals surface area (Å²) in [7, 11) is 0. The number of hydrogen-bond donors (Lipinski definition) is 2. The Morgan fingerprint density at radius 2 is 2.13 bits per heavy atom. The van der Waals surface area contributed by atoms with E-state index in [4.69, 9.17) is 0 Å². The molecule has 0 radical (unpaired) electrons. The first kappa shape index (κ1) is 12.0. The van der Waals surface area contributed by atoms with E-state index in [-0.39, 0.29) is 11.8 Å². The Morgan fingerprint density at radius 1 is 1.47 bits per heavy atom. The normalized spacial score (nSPS) is 30.9. The van der Waals surface area contributed by atoms with Crippen LogP contribution in [0.2, 0.25) is 0 Å². The maximum absolute atomic E-state index is 11.4. The minimum atomic E-state index is -1.02. The number of rotatable bonds is 3. The van der Waals surface area contributed by atoms with Gasteiger partial charge >= 0.3 is 5.97 Å². The molecule has 2 atom stereocenters. The van der Waals surface area contributed by atoms with E-state index in [1.54, 1.807) is 0 Å². The van der Waals surface area contributed by atoms with Crippen molar-refractivity contribution >= 4 is 11.9 Å².